The lowest BCUT2D eigenvalue weighted by molar-refractivity contribution is -0.0495. The highest BCUT2D eigenvalue weighted by atomic mass is 32.1. The Labute approximate surface area is 115 Å². The van der Waals surface area contributed by atoms with Gasteiger partial charge in [0.2, 0.25) is 11.8 Å². The second-order valence-corrected chi connectivity index (χ2v) is 5.39. The van der Waals surface area contributed by atoms with Gasteiger partial charge < -0.3 is 25.8 Å². The quantitative estimate of drug-likeness (QED) is 0.540. The van der Waals surface area contributed by atoms with E-state index in [1.165, 1.54) is 0 Å². The molecule has 0 radical (unpaired) electrons. The summed E-state index contributed by atoms with van der Waals surface area (Å²) in [5.41, 5.74) is 5.56. The fraction of sp³-hybridized carbons (Fsp3) is 0.500. The van der Waals surface area contributed by atoms with E-state index >= 15 is 0 Å². The minimum absolute atomic E-state index is 0.104. The summed E-state index contributed by atoms with van der Waals surface area (Å²) in [6, 6.07) is 0. The second kappa shape index (κ2) is 4.66. The molecule has 1 aliphatic heterocycles. The summed E-state index contributed by atoms with van der Waals surface area (Å²) in [6.07, 6.45) is -2.27. The molecule has 0 saturated carbocycles. The first-order chi connectivity index (χ1) is 9.51. The number of hydrogen-bond donors (Lipinski definition) is 4. The molecule has 0 aliphatic carbocycles. The molecule has 0 bridgehead atoms. The summed E-state index contributed by atoms with van der Waals surface area (Å²) < 4.78 is 6.72. The average molecular weight is 300 g/mol. The van der Waals surface area contributed by atoms with Gasteiger partial charge in [-0.1, -0.05) is 11.3 Å². The van der Waals surface area contributed by atoms with E-state index in [1.54, 1.807) is 0 Å². The van der Waals surface area contributed by atoms with Crippen molar-refractivity contribution >= 4 is 27.6 Å². The Hall–Kier alpha value is -1.75. The van der Waals surface area contributed by atoms with Crippen LogP contribution in [0.25, 0.3) is 10.3 Å². The van der Waals surface area contributed by atoms with E-state index in [2.05, 4.69) is 9.97 Å². The summed E-state index contributed by atoms with van der Waals surface area (Å²) in [4.78, 5) is 19.1. The van der Waals surface area contributed by atoms with Gasteiger partial charge in [-0.15, -0.1) is 0 Å². The monoisotopic (exact) mass is 300 g/mol. The van der Waals surface area contributed by atoms with Crippen molar-refractivity contribution in [2.75, 3.05) is 12.3 Å². The summed E-state index contributed by atoms with van der Waals surface area (Å²) in [7, 11) is 0. The lowest BCUT2D eigenvalue weighted by atomic mass is 10.2. The van der Waals surface area contributed by atoms with Gasteiger partial charge in [-0.3, -0.25) is 9.36 Å². The molecule has 9 nitrogen and oxygen atoms in total. The fourth-order valence-corrected chi connectivity index (χ4v) is 3.06. The van der Waals surface area contributed by atoms with Crippen molar-refractivity contribution in [3.05, 3.63) is 9.67 Å². The molecule has 1 saturated heterocycles. The maximum absolute atomic E-state index is 12.0. The molecule has 0 amide bonds. The topological polar surface area (TPSA) is 144 Å². The molecule has 10 heteroatoms. The van der Waals surface area contributed by atoms with Crippen LogP contribution in [0.1, 0.15) is 12.6 Å². The number of nitrogens with two attached hydrogens (primary N) is 1. The number of nitrogen functional groups attached to an aromatic ring is 1. The van der Waals surface area contributed by atoms with Crippen LogP contribution in [0.2, 0.25) is 0 Å². The number of rotatable bonds is 2. The number of ether oxygens (including phenoxy) is 1. The second-order valence-electron chi connectivity index (χ2n) is 4.43. The molecule has 1 aliphatic rings. The summed E-state index contributed by atoms with van der Waals surface area (Å²) in [6.45, 7) is -0.257. The first-order valence-corrected chi connectivity index (χ1v) is 6.64. The van der Waals surface area contributed by atoms with Gasteiger partial charge in [-0.05, 0) is 0 Å². The molecule has 2 aromatic heterocycles. The zero-order chi connectivity index (χ0) is 14.4. The molecule has 3 rings (SSSR count). The fourth-order valence-electron chi connectivity index (χ4n) is 2.23. The number of aromatic hydroxyl groups is 1. The Kier molecular flexibility index (Phi) is 3.09. The maximum Gasteiger partial charge on any atom is 0.311 e. The SMILES string of the molecule is Nc1nc(O)c2sc(=O)n(C3OC(CO)CC3O)c2n1. The lowest BCUT2D eigenvalue weighted by Gasteiger charge is -2.15. The average Bonchev–Trinajstić information content (AvgIpc) is 2.89. The third-order valence-electron chi connectivity index (χ3n) is 3.08. The van der Waals surface area contributed by atoms with Crippen LogP contribution in [-0.4, -0.2) is 48.7 Å². The van der Waals surface area contributed by atoms with Crippen molar-refractivity contribution in [2.24, 2.45) is 0 Å². The Bertz CT molecular complexity index is 713. The molecule has 1 fully saturated rings. The van der Waals surface area contributed by atoms with Gasteiger partial charge in [-0.2, -0.15) is 9.97 Å². The van der Waals surface area contributed by atoms with Crippen LogP contribution in [0.4, 0.5) is 5.95 Å². The van der Waals surface area contributed by atoms with Crippen molar-refractivity contribution in [2.45, 2.75) is 24.9 Å². The Morgan fingerprint density at radius 3 is 2.90 bits per heavy atom. The predicted octanol–water partition coefficient (Wildman–Crippen LogP) is -1.22. The third-order valence-corrected chi connectivity index (χ3v) is 4.03. The van der Waals surface area contributed by atoms with Crippen molar-refractivity contribution in [3.63, 3.8) is 0 Å². The number of aliphatic hydroxyl groups excluding tert-OH is 2. The number of hydrogen-bond acceptors (Lipinski definition) is 9. The number of aliphatic hydroxyl groups is 2. The highest BCUT2D eigenvalue weighted by Gasteiger charge is 2.37. The van der Waals surface area contributed by atoms with Gasteiger partial charge in [0.15, 0.2) is 11.9 Å². The van der Waals surface area contributed by atoms with Gasteiger partial charge >= 0.3 is 4.87 Å². The molecule has 108 valence electrons. The standard InChI is InChI=1S/C10H12N4O5S/c11-9-12-6-5(7(17)13-9)20-10(18)14(6)8-4(16)1-3(2-15)19-8/h3-4,8,15-16H,1-2H2,(H3,11,12,13,17). The normalized spacial score (nSPS) is 26.4. The first kappa shape index (κ1) is 13.2. The van der Waals surface area contributed by atoms with Crippen LogP contribution in [-0.2, 0) is 4.74 Å². The number of thiazole rings is 1. The molecule has 0 aromatic carbocycles. The van der Waals surface area contributed by atoms with Crippen molar-refractivity contribution in [1.29, 1.82) is 0 Å². The van der Waals surface area contributed by atoms with Gasteiger partial charge in [0, 0.05) is 6.42 Å². The zero-order valence-electron chi connectivity index (χ0n) is 10.1. The third kappa shape index (κ3) is 1.93. The van der Waals surface area contributed by atoms with Crippen LogP contribution >= 0.6 is 11.3 Å². The molecule has 5 N–H and O–H groups in total. The Morgan fingerprint density at radius 2 is 2.25 bits per heavy atom. The Balaban J connectivity index is 2.17. The van der Waals surface area contributed by atoms with Gasteiger partial charge in [0.25, 0.3) is 0 Å². The van der Waals surface area contributed by atoms with Crippen molar-refractivity contribution in [3.8, 4) is 5.88 Å². The van der Waals surface area contributed by atoms with E-state index in [0.29, 0.717) is 0 Å². The highest BCUT2D eigenvalue weighted by molar-refractivity contribution is 7.16. The van der Waals surface area contributed by atoms with E-state index in [1.807, 2.05) is 0 Å². The smallest absolute Gasteiger partial charge is 0.311 e. The number of aromatic nitrogens is 3. The molecule has 3 atom stereocenters. The predicted molar refractivity (Wildman–Crippen MR) is 69.4 cm³/mol. The number of fused-ring (bicyclic) bond motifs is 1. The highest BCUT2D eigenvalue weighted by Crippen LogP contribution is 2.33. The minimum Gasteiger partial charge on any atom is -0.492 e. The molecule has 0 spiro atoms. The minimum atomic E-state index is -0.970. The van der Waals surface area contributed by atoms with E-state index in [0.717, 1.165) is 15.9 Å². The van der Waals surface area contributed by atoms with Gasteiger partial charge in [0.05, 0.1) is 12.7 Å². The van der Waals surface area contributed by atoms with E-state index in [-0.39, 0.29) is 35.2 Å². The first-order valence-electron chi connectivity index (χ1n) is 5.83. The Morgan fingerprint density at radius 1 is 1.50 bits per heavy atom. The largest absolute Gasteiger partial charge is 0.492 e. The summed E-state index contributed by atoms with van der Waals surface area (Å²) >= 11 is 0.735. The van der Waals surface area contributed by atoms with Crippen molar-refractivity contribution < 1.29 is 20.1 Å². The van der Waals surface area contributed by atoms with Gasteiger partial charge in [-0.25, -0.2) is 0 Å². The summed E-state index contributed by atoms with van der Waals surface area (Å²) in [5, 5.41) is 28.7. The van der Waals surface area contributed by atoms with E-state index in [4.69, 9.17) is 15.6 Å². The van der Waals surface area contributed by atoms with Crippen LogP contribution < -0.4 is 10.6 Å². The molecular formula is C10H12N4O5S. The van der Waals surface area contributed by atoms with Crippen LogP contribution in [0.5, 0.6) is 5.88 Å². The molecular weight excluding hydrogens is 288 g/mol. The van der Waals surface area contributed by atoms with Crippen LogP contribution in [0.3, 0.4) is 0 Å². The summed E-state index contributed by atoms with van der Waals surface area (Å²) in [5.74, 6) is -0.577. The zero-order valence-corrected chi connectivity index (χ0v) is 10.9. The van der Waals surface area contributed by atoms with Gasteiger partial charge in [0.1, 0.15) is 10.8 Å². The lowest BCUT2D eigenvalue weighted by Crippen LogP contribution is -2.27. The molecule has 3 unspecified atom stereocenters. The van der Waals surface area contributed by atoms with Crippen molar-refractivity contribution in [1.82, 2.24) is 14.5 Å². The van der Waals surface area contributed by atoms with Crippen LogP contribution in [0, 0.1) is 0 Å². The van der Waals surface area contributed by atoms with E-state index in [9.17, 15) is 15.0 Å². The molecule has 20 heavy (non-hydrogen) atoms. The number of nitrogens with zero attached hydrogens (tertiary/aromatic N) is 3. The van der Waals surface area contributed by atoms with Crippen LogP contribution in [0.15, 0.2) is 4.79 Å². The van der Waals surface area contributed by atoms with E-state index < -0.39 is 23.3 Å². The maximum atomic E-state index is 12.0. The molecule has 3 heterocycles. The molecule has 2 aromatic rings. The number of anilines is 1.